The van der Waals surface area contributed by atoms with Crippen LogP contribution in [0.3, 0.4) is 0 Å². The molecule has 0 saturated heterocycles. The van der Waals surface area contributed by atoms with Crippen LogP contribution in [-0.4, -0.2) is 10.4 Å². The highest BCUT2D eigenvalue weighted by Crippen LogP contribution is 2.27. The zero-order valence-corrected chi connectivity index (χ0v) is 11.0. The number of hydrogen-bond donors (Lipinski definition) is 0. The van der Waals surface area contributed by atoms with Crippen molar-refractivity contribution in [1.29, 1.82) is 0 Å². The lowest BCUT2D eigenvalue weighted by Gasteiger charge is -2.13. The van der Waals surface area contributed by atoms with Gasteiger partial charge in [0.2, 0.25) is 0 Å². The summed E-state index contributed by atoms with van der Waals surface area (Å²) in [6.45, 7) is 3.85. The average Bonchev–Trinajstić information content (AvgIpc) is 2.72. The number of nitrogens with zero attached hydrogens (tertiary/aromatic N) is 1. The number of fused-ring (bicyclic) bond motifs is 1. The van der Waals surface area contributed by atoms with Crippen LogP contribution < -0.4 is 0 Å². The third-order valence-electron chi connectivity index (χ3n) is 2.94. The zero-order chi connectivity index (χ0) is 11.7. The third-order valence-corrected chi connectivity index (χ3v) is 3.63. The Morgan fingerprint density at radius 3 is 2.88 bits per heavy atom. The molecular formula is C13H14BrNO. The van der Waals surface area contributed by atoms with Crippen LogP contribution in [0.25, 0.3) is 10.9 Å². The van der Waals surface area contributed by atoms with E-state index < -0.39 is 0 Å². The van der Waals surface area contributed by atoms with E-state index in [1.807, 2.05) is 48.9 Å². The summed E-state index contributed by atoms with van der Waals surface area (Å²) in [7, 11) is 0. The van der Waals surface area contributed by atoms with Gasteiger partial charge in [-0.2, -0.15) is 0 Å². The lowest BCUT2D eigenvalue weighted by Crippen LogP contribution is -2.14. The molecule has 1 heterocycles. The molecule has 0 radical (unpaired) electrons. The molecule has 0 aliphatic rings. The van der Waals surface area contributed by atoms with E-state index in [0.29, 0.717) is 6.42 Å². The van der Waals surface area contributed by atoms with E-state index in [2.05, 4.69) is 15.9 Å². The van der Waals surface area contributed by atoms with Gasteiger partial charge in [-0.3, -0.25) is 4.79 Å². The lowest BCUT2D eigenvalue weighted by molar-refractivity contribution is -0.121. The first-order valence-corrected chi connectivity index (χ1v) is 6.22. The van der Waals surface area contributed by atoms with Gasteiger partial charge >= 0.3 is 0 Å². The van der Waals surface area contributed by atoms with E-state index >= 15 is 0 Å². The number of carbonyl (C=O) groups is 1. The van der Waals surface area contributed by atoms with Gasteiger partial charge < -0.3 is 4.57 Å². The minimum absolute atomic E-state index is 0.0863. The van der Waals surface area contributed by atoms with Gasteiger partial charge in [-0.05, 0) is 25.1 Å². The highest BCUT2D eigenvalue weighted by Gasteiger charge is 2.14. The largest absolute Gasteiger partial charge is 0.337 e. The molecule has 0 aliphatic heterocycles. The summed E-state index contributed by atoms with van der Waals surface area (Å²) in [6, 6.07) is 8.00. The van der Waals surface area contributed by atoms with Crippen molar-refractivity contribution < 1.29 is 4.79 Å². The maximum atomic E-state index is 11.7. The molecule has 0 aliphatic carbocycles. The second kappa shape index (κ2) is 4.42. The smallest absolute Gasteiger partial charge is 0.155 e. The Hall–Kier alpha value is -1.09. The van der Waals surface area contributed by atoms with E-state index in [9.17, 15) is 4.79 Å². The van der Waals surface area contributed by atoms with Gasteiger partial charge in [0, 0.05) is 28.0 Å². The van der Waals surface area contributed by atoms with E-state index in [0.717, 1.165) is 15.4 Å². The van der Waals surface area contributed by atoms with Crippen LogP contribution in [0.2, 0.25) is 0 Å². The average molecular weight is 280 g/mol. The van der Waals surface area contributed by atoms with E-state index in [1.54, 1.807) is 0 Å². The highest BCUT2D eigenvalue weighted by molar-refractivity contribution is 9.10. The number of ketones is 1. The molecule has 16 heavy (non-hydrogen) atoms. The van der Waals surface area contributed by atoms with Crippen molar-refractivity contribution in [2.24, 2.45) is 0 Å². The highest BCUT2D eigenvalue weighted by atomic mass is 79.9. The quantitative estimate of drug-likeness (QED) is 0.834. The Bertz CT molecular complexity index is 530. The van der Waals surface area contributed by atoms with E-state index in [1.165, 1.54) is 0 Å². The van der Waals surface area contributed by atoms with Crippen molar-refractivity contribution in [2.45, 2.75) is 26.3 Å². The van der Waals surface area contributed by atoms with Gasteiger partial charge in [-0.1, -0.05) is 28.9 Å². The zero-order valence-electron chi connectivity index (χ0n) is 9.40. The summed E-state index contributed by atoms with van der Waals surface area (Å²) in [4.78, 5) is 11.7. The molecule has 0 bridgehead atoms. The van der Waals surface area contributed by atoms with Gasteiger partial charge in [0.25, 0.3) is 0 Å². The Morgan fingerprint density at radius 1 is 1.44 bits per heavy atom. The molecule has 0 fully saturated rings. The fourth-order valence-corrected chi connectivity index (χ4v) is 2.43. The molecule has 0 N–H and O–H groups in total. The number of carbonyl (C=O) groups excluding carboxylic acids is 1. The summed E-state index contributed by atoms with van der Waals surface area (Å²) >= 11 is 3.52. The van der Waals surface area contributed by atoms with Crippen LogP contribution in [0.4, 0.5) is 0 Å². The molecule has 0 spiro atoms. The van der Waals surface area contributed by atoms with Gasteiger partial charge in [0.05, 0.1) is 6.04 Å². The number of halogens is 1. The normalized spacial score (nSPS) is 12.9. The van der Waals surface area contributed by atoms with Crippen molar-refractivity contribution in [3.05, 3.63) is 34.9 Å². The SMILES string of the molecule is CCC(=O)C(C)n1ccc2c(Br)cccc21. The predicted octanol–water partition coefficient (Wildman–Crippen LogP) is 3.94. The molecule has 0 saturated carbocycles. The van der Waals surface area contributed by atoms with Gasteiger partial charge in [-0.15, -0.1) is 0 Å². The molecule has 2 aromatic rings. The van der Waals surface area contributed by atoms with E-state index in [-0.39, 0.29) is 11.8 Å². The number of Topliss-reactive ketones (excluding diaryl/α,β-unsaturated/α-hetero) is 1. The molecule has 2 nitrogen and oxygen atoms in total. The molecule has 1 aromatic carbocycles. The Labute approximate surface area is 103 Å². The summed E-state index contributed by atoms with van der Waals surface area (Å²) in [5.41, 5.74) is 1.10. The minimum Gasteiger partial charge on any atom is -0.337 e. The van der Waals surface area contributed by atoms with Crippen molar-refractivity contribution in [1.82, 2.24) is 4.57 Å². The van der Waals surface area contributed by atoms with Crippen LogP contribution in [0.1, 0.15) is 26.3 Å². The Balaban J connectivity index is 2.54. The first-order chi connectivity index (χ1) is 7.65. The van der Waals surface area contributed by atoms with Crippen molar-refractivity contribution >= 4 is 32.6 Å². The second-order valence-electron chi connectivity index (χ2n) is 3.89. The van der Waals surface area contributed by atoms with Crippen LogP contribution in [-0.2, 0) is 4.79 Å². The number of aromatic nitrogens is 1. The molecule has 84 valence electrons. The first-order valence-electron chi connectivity index (χ1n) is 5.43. The first kappa shape index (κ1) is 11.4. The number of benzene rings is 1. The number of rotatable bonds is 3. The standard InChI is InChI=1S/C13H14BrNO/c1-3-13(16)9(2)15-8-7-10-11(14)5-4-6-12(10)15/h4-9H,3H2,1-2H3. The second-order valence-corrected chi connectivity index (χ2v) is 4.75. The minimum atomic E-state index is -0.0863. The molecular weight excluding hydrogens is 266 g/mol. The fraction of sp³-hybridized carbons (Fsp3) is 0.308. The molecule has 3 heteroatoms. The van der Waals surface area contributed by atoms with Crippen LogP contribution in [0.5, 0.6) is 0 Å². The maximum Gasteiger partial charge on any atom is 0.155 e. The molecule has 0 amide bonds. The van der Waals surface area contributed by atoms with Gasteiger partial charge in [0.15, 0.2) is 5.78 Å². The van der Waals surface area contributed by atoms with Crippen molar-refractivity contribution in [3.63, 3.8) is 0 Å². The van der Waals surface area contributed by atoms with Crippen molar-refractivity contribution in [3.8, 4) is 0 Å². The molecule has 1 aromatic heterocycles. The molecule has 2 rings (SSSR count). The third kappa shape index (κ3) is 1.80. The lowest BCUT2D eigenvalue weighted by atomic mass is 10.1. The van der Waals surface area contributed by atoms with Crippen LogP contribution in [0.15, 0.2) is 34.9 Å². The van der Waals surface area contributed by atoms with Gasteiger partial charge in [0.1, 0.15) is 0 Å². The van der Waals surface area contributed by atoms with Crippen LogP contribution in [0, 0.1) is 0 Å². The van der Waals surface area contributed by atoms with E-state index in [4.69, 9.17) is 0 Å². The molecule has 1 atom stereocenters. The van der Waals surface area contributed by atoms with Crippen molar-refractivity contribution in [2.75, 3.05) is 0 Å². The summed E-state index contributed by atoms with van der Waals surface area (Å²) in [6.07, 6.45) is 2.56. The summed E-state index contributed by atoms with van der Waals surface area (Å²) < 4.78 is 3.10. The predicted molar refractivity (Wildman–Crippen MR) is 69.6 cm³/mol. The topological polar surface area (TPSA) is 22.0 Å². The number of hydrogen-bond acceptors (Lipinski definition) is 1. The summed E-state index contributed by atoms with van der Waals surface area (Å²) in [5.74, 6) is 0.262. The summed E-state index contributed by atoms with van der Waals surface area (Å²) in [5, 5.41) is 1.15. The monoisotopic (exact) mass is 279 g/mol. The fourth-order valence-electron chi connectivity index (χ4n) is 1.94. The Morgan fingerprint density at radius 2 is 2.19 bits per heavy atom. The molecule has 1 unspecified atom stereocenters. The Kier molecular flexibility index (Phi) is 3.15. The maximum absolute atomic E-state index is 11.7. The van der Waals surface area contributed by atoms with Gasteiger partial charge in [-0.25, -0.2) is 0 Å². The van der Waals surface area contributed by atoms with Crippen LogP contribution >= 0.6 is 15.9 Å².